The number of carbonyl (C=O) groups excluding carboxylic acids is 1. The van der Waals surface area contributed by atoms with Crippen molar-refractivity contribution in [2.45, 2.75) is 26.2 Å². The van der Waals surface area contributed by atoms with Gasteiger partial charge in [0.15, 0.2) is 5.58 Å². The number of para-hydroxylation sites is 1. The number of aromatic nitrogens is 1. The second kappa shape index (κ2) is 6.88. The molecule has 2 N–H and O–H groups in total. The minimum absolute atomic E-state index is 0.142. The zero-order valence-electron chi connectivity index (χ0n) is 11.8. The van der Waals surface area contributed by atoms with Crippen LogP contribution in [0.15, 0.2) is 28.8 Å². The van der Waals surface area contributed by atoms with Crippen molar-refractivity contribution in [2.75, 3.05) is 6.54 Å². The van der Waals surface area contributed by atoms with Crippen molar-refractivity contribution in [3.63, 3.8) is 0 Å². The number of benzene rings is 1. The van der Waals surface area contributed by atoms with Crippen LogP contribution in [0.25, 0.3) is 11.0 Å². The maximum Gasteiger partial charge on any atom is 0.306 e. The van der Waals surface area contributed by atoms with Crippen LogP contribution in [0.5, 0.6) is 0 Å². The van der Waals surface area contributed by atoms with Gasteiger partial charge in [-0.2, -0.15) is 0 Å². The highest BCUT2D eigenvalue weighted by Crippen LogP contribution is 2.17. The monoisotopic (exact) mass is 290 g/mol. The van der Waals surface area contributed by atoms with E-state index >= 15 is 0 Å². The molecule has 0 spiro atoms. The van der Waals surface area contributed by atoms with Gasteiger partial charge in [-0.05, 0) is 25.0 Å². The van der Waals surface area contributed by atoms with E-state index in [1.165, 1.54) is 0 Å². The number of hydrogen-bond donors (Lipinski definition) is 2. The summed E-state index contributed by atoms with van der Waals surface area (Å²) in [5.41, 5.74) is 1.28. The SMILES string of the molecule is CC(CCCNC(=O)Cc1noc2ccccc12)C(=O)O. The second-order valence-electron chi connectivity index (χ2n) is 5.03. The van der Waals surface area contributed by atoms with Crippen molar-refractivity contribution in [1.29, 1.82) is 0 Å². The number of aliphatic carboxylic acids is 1. The van der Waals surface area contributed by atoms with Gasteiger partial charge in [-0.3, -0.25) is 9.59 Å². The lowest BCUT2D eigenvalue weighted by molar-refractivity contribution is -0.141. The van der Waals surface area contributed by atoms with Crippen molar-refractivity contribution in [1.82, 2.24) is 10.5 Å². The van der Waals surface area contributed by atoms with Crippen LogP contribution < -0.4 is 5.32 Å². The number of carbonyl (C=O) groups is 2. The largest absolute Gasteiger partial charge is 0.481 e. The van der Waals surface area contributed by atoms with E-state index < -0.39 is 5.97 Å². The topological polar surface area (TPSA) is 92.4 Å². The van der Waals surface area contributed by atoms with Crippen molar-refractivity contribution in [3.05, 3.63) is 30.0 Å². The fraction of sp³-hybridized carbons (Fsp3) is 0.400. The molecular weight excluding hydrogens is 272 g/mol. The van der Waals surface area contributed by atoms with Crippen LogP contribution in [0.4, 0.5) is 0 Å². The molecular formula is C15H18N2O4. The van der Waals surface area contributed by atoms with Crippen LogP contribution in [0.1, 0.15) is 25.5 Å². The molecule has 112 valence electrons. The highest BCUT2D eigenvalue weighted by molar-refractivity contribution is 5.86. The fourth-order valence-corrected chi connectivity index (χ4v) is 2.04. The molecule has 0 aliphatic carbocycles. The predicted octanol–water partition coefficient (Wildman–Crippen LogP) is 1.99. The number of carboxylic acids is 1. The molecule has 2 aromatic rings. The number of rotatable bonds is 7. The third-order valence-electron chi connectivity index (χ3n) is 3.34. The third kappa shape index (κ3) is 4.05. The first kappa shape index (κ1) is 15.0. The number of carboxylic acid groups (broad SMARTS) is 1. The summed E-state index contributed by atoms with van der Waals surface area (Å²) < 4.78 is 5.14. The quantitative estimate of drug-likeness (QED) is 0.761. The Labute approximate surface area is 122 Å². The highest BCUT2D eigenvalue weighted by Gasteiger charge is 2.13. The van der Waals surface area contributed by atoms with Crippen LogP contribution in [0, 0.1) is 5.92 Å². The number of nitrogens with one attached hydrogen (secondary N) is 1. The average molecular weight is 290 g/mol. The summed E-state index contributed by atoms with van der Waals surface area (Å²) >= 11 is 0. The van der Waals surface area contributed by atoms with Gasteiger partial charge in [0.25, 0.3) is 0 Å². The van der Waals surface area contributed by atoms with Crippen molar-refractivity contribution in [3.8, 4) is 0 Å². The minimum atomic E-state index is -0.810. The van der Waals surface area contributed by atoms with Gasteiger partial charge in [0.05, 0.1) is 12.3 Å². The summed E-state index contributed by atoms with van der Waals surface area (Å²) in [7, 11) is 0. The van der Waals surface area contributed by atoms with Gasteiger partial charge in [-0.25, -0.2) is 0 Å². The Morgan fingerprint density at radius 3 is 2.90 bits per heavy atom. The lowest BCUT2D eigenvalue weighted by Gasteiger charge is -2.06. The summed E-state index contributed by atoms with van der Waals surface area (Å²) in [5, 5.41) is 16.3. The molecule has 1 heterocycles. The predicted molar refractivity (Wildman–Crippen MR) is 76.8 cm³/mol. The third-order valence-corrected chi connectivity index (χ3v) is 3.34. The van der Waals surface area contributed by atoms with E-state index in [-0.39, 0.29) is 18.2 Å². The van der Waals surface area contributed by atoms with E-state index in [1.807, 2.05) is 18.2 Å². The molecule has 1 atom stereocenters. The molecule has 0 aliphatic rings. The normalized spacial score (nSPS) is 12.2. The number of nitrogens with zero attached hydrogens (tertiary/aromatic N) is 1. The zero-order chi connectivity index (χ0) is 15.2. The smallest absolute Gasteiger partial charge is 0.306 e. The van der Waals surface area contributed by atoms with Crippen LogP contribution in [-0.4, -0.2) is 28.7 Å². The van der Waals surface area contributed by atoms with Crippen LogP contribution >= 0.6 is 0 Å². The van der Waals surface area contributed by atoms with Gasteiger partial charge in [-0.15, -0.1) is 0 Å². The molecule has 1 aromatic carbocycles. The molecule has 0 radical (unpaired) electrons. The second-order valence-corrected chi connectivity index (χ2v) is 5.03. The molecule has 0 fully saturated rings. The van der Waals surface area contributed by atoms with Gasteiger partial charge in [-0.1, -0.05) is 24.2 Å². The number of amides is 1. The molecule has 6 nitrogen and oxygen atoms in total. The van der Waals surface area contributed by atoms with Gasteiger partial charge in [0, 0.05) is 11.9 Å². The lowest BCUT2D eigenvalue weighted by atomic mass is 10.1. The first-order valence-electron chi connectivity index (χ1n) is 6.90. The molecule has 0 saturated carbocycles. The average Bonchev–Trinajstić information content (AvgIpc) is 2.86. The first-order valence-corrected chi connectivity index (χ1v) is 6.90. The van der Waals surface area contributed by atoms with E-state index in [2.05, 4.69) is 10.5 Å². The maximum atomic E-state index is 11.8. The Morgan fingerprint density at radius 1 is 1.38 bits per heavy atom. The number of fused-ring (bicyclic) bond motifs is 1. The Morgan fingerprint density at radius 2 is 2.14 bits per heavy atom. The van der Waals surface area contributed by atoms with Crippen LogP contribution in [-0.2, 0) is 16.0 Å². The molecule has 21 heavy (non-hydrogen) atoms. The van der Waals surface area contributed by atoms with Gasteiger partial charge < -0.3 is 14.9 Å². The summed E-state index contributed by atoms with van der Waals surface area (Å²) in [4.78, 5) is 22.5. The van der Waals surface area contributed by atoms with E-state index in [9.17, 15) is 9.59 Å². The standard InChI is InChI=1S/C15H18N2O4/c1-10(15(19)20)5-4-8-16-14(18)9-12-11-6-2-3-7-13(11)21-17-12/h2-3,6-7,10H,4-5,8-9H2,1H3,(H,16,18)(H,19,20). The molecule has 2 rings (SSSR count). The van der Waals surface area contributed by atoms with Crippen molar-refractivity contribution in [2.24, 2.45) is 5.92 Å². The maximum absolute atomic E-state index is 11.8. The molecule has 1 aromatic heterocycles. The summed E-state index contributed by atoms with van der Waals surface area (Å²) in [6.07, 6.45) is 1.34. The minimum Gasteiger partial charge on any atom is -0.481 e. The zero-order valence-corrected chi connectivity index (χ0v) is 11.8. The Bertz CT molecular complexity index is 635. The Hall–Kier alpha value is -2.37. The van der Waals surface area contributed by atoms with E-state index in [4.69, 9.17) is 9.63 Å². The van der Waals surface area contributed by atoms with Crippen LogP contribution in [0.2, 0.25) is 0 Å². The van der Waals surface area contributed by atoms with E-state index in [1.54, 1.807) is 13.0 Å². The van der Waals surface area contributed by atoms with Gasteiger partial charge in [0.2, 0.25) is 5.91 Å². The first-order chi connectivity index (χ1) is 10.1. The van der Waals surface area contributed by atoms with Crippen LogP contribution in [0.3, 0.4) is 0 Å². The molecule has 0 bridgehead atoms. The molecule has 0 saturated heterocycles. The number of hydrogen-bond acceptors (Lipinski definition) is 4. The van der Waals surface area contributed by atoms with Crippen molar-refractivity contribution < 1.29 is 19.2 Å². The summed E-state index contributed by atoms with van der Waals surface area (Å²) in [6.45, 7) is 2.12. The summed E-state index contributed by atoms with van der Waals surface area (Å²) in [6, 6.07) is 7.38. The van der Waals surface area contributed by atoms with Gasteiger partial charge >= 0.3 is 5.97 Å². The lowest BCUT2D eigenvalue weighted by Crippen LogP contribution is -2.26. The molecule has 6 heteroatoms. The molecule has 1 amide bonds. The Kier molecular flexibility index (Phi) is 4.92. The highest BCUT2D eigenvalue weighted by atomic mass is 16.5. The molecule has 1 unspecified atom stereocenters. The van der Waals surface area contributed by atoms with E-state index in [0.29, 0.717) is 30.7 Å². The Balaban J connectivity index is 1.78. The summed E-state index contributed by atoms with van der Waals surface area (Å²) in [5.74, 6) is -1.34. The molecule has 0 aliphatic heterocycles. The van der Waals surface area contributed by atoms with Gasteiger partial charge in [0.1, 0.15) is 5.69 Å². The fourth-order valence-electron chi connectivity index (χ4n) is 2.04. The van der Waals surface area contributed by atoms with Crippen molar-refractivity contribution >= 4 is 22.8 Å². The van der Waals surface area contributed by atoms with E-state index in [0.717, 1.165) is 5.39 Å².